The molecular weight excluding hydrogens is 236 g/mol. The number of aryl methyl sites for hydroxylation is 3. The third-order valence-corrected chi connectivity index (χ3v) is 4.32. The normalized spacial score (nSPS) is 22.5. The average molecular weight is 260 g/mol. The number of hydrogen-bond acceptors (Lipinski definition) is 2. The average Bonchev–Trinajstić information content (AvgIpc) is 2.83. The lowest BCUT2D eigenvalue weighted by atomic mass is 9.83. The highest BCUT2D eigenvalue weighted by Crippen LogP contribution is 2.32. The number of nitrogens with one attached hydrogen (secondary N) is 2. The van der Waals surface area contributed by atoms with Gasteiger partial charge in [-0.3, -0.25) is 4.79 Å². The zero-order valence-electron chi connectivity index (χ0n) is 12.4. The molecule has 1 aromatic rings. The Morgan fingerprint density at radius 3 is 2.42 bits per heavy atom. The molecule has 1 amide bonds. The molecule has 0 saturated carbocycles. The second-order valence-corrected chi connectivity index (χ2v) is 5.79. The monoisotopic (exact) mass is 260 g/mol. The lowest BCUT2D eigenvalue weighted by Gasteiger charge is -2.26. The molecule has 2 rings (SSSR count). The molecule has 0 bridgehead atoms. The van der Waals surface area contributed by atoms with Crippen molar-refractivity contribution in [2.24, 2.45) is 5.41 Å². The number of carbonyl (C=O) groups is 1. The molecule has 1 aromatic carbocycles. The van der Waals surface area contributed by atoms with Gasteiger partial charge in [0.1, 0.15) is 0 Å². The summed E-state index contributed by atoms with van der Waals surface area (Å²) in [6.45, 7) is 10.0. The maximum absolute atomic E-state index is 12.6. The van der Waals surface area contributed by atoms with Crippen LogP contribution in [0.15, 0.2) is 12.1 Å². The van der Waals surface area contributed by atoms with E-state index in [0.717, 1.165) is 42.7 Å². The van der Waals surface area contributed by atoms with Crippen molar-refractivity contribution in [2.75, 3.05) is 18.4 Å². The van der Waals surface area contributed by atoms with Crippen LogP contribution in [0.2, 0.25) is 0 Å². The first-order chi connectivity index (χ1) is 8.98. The Bertz CT molecular complexity index is 465. The van der Waals surface area contributed by atoms with E-state index < -0.39 is 0 Å². The van der Waals surface area contributed by atoms with Crippen molar-refractivity contribution in [3.05, 3.63) is 28.8 Å². The highest BCUT2D eigenvalue weighted by molar-refractivity contribution is 5.97. The molecule has 1 aliphatic rings. The first-order valence-electron chi connectivity index (χ1n) is 7.08. The summed E-state index contributed by atoms with van der Waals surface area (Å²) in [4.78, 5) is 12.6. The minimum Gasteiger partial charge on any atom is -0.325 e. The summed E-state index contributed by atoms with van der Waals surface area (Å²) >= 11 is 0. The van der Waals surface area contributed by atoms with Crippen molar-refractivity contribution >= 4 is 11.6 Å². The van der Waals surface area contributed by atoms with Gasteiger partial charge in [0.25, 0.3) is 0 Å². The fourth-order valence-electron chi connectivity index (χ4n) is 3.02. The van der Waals surface area contributed by atoms with Crippen molar-refractivity contribution in [1.82, 2.24) is 5.32 Å². The van der Waals surface area contributed by atoms with Crippen LogP contribution in [0.5, 0.6) is 0 Å². The number of rotatable bonds is 3. The van der Waals surface area contributed by atoms with Gasteiger partial charge in [-0.1, -0.05) is 24.6 Å². The van der Waals surface area contributed by atoms with Crippen LogP contribution < -0.4 is 10.6 Å². The molecule has 0 spiro atoms. The van der Waals surface area contributed by atoms with Crippen LogP contribution in [0, 0.1) is 26.2 Å². The van der Waals surface area contributed by atoms with E-state index in [0.29, 0.717) is 0 Å². The number of anilines is 1. The third kappa shape index (κ3) is 2.66. The van der Waals surface area contributed by atoms with Gasteiger partial charge >= 0.3 is 0 Å². The number of hydrogen-bond donors (Lipinski definition) is 2. The Morgan fingerprint density at radius 1 is 1.32 bits per heavy atom. The molecule has 1 heterocycles. The SMILES string of the molecule is CCC1(C(=O)Nc2c(C)cc(C)cc2C)CCNC1. The van der Waals surface area contributed by atoms with Gasteiger partial charge in [-0.2, -0.15) is 0 Å². The lowest BCUT2D eigenvalue weighted by molar-refractivity contribution is -0.124. The third-order valence-electron chi connectivity index (χ3n) is 4.32. The molecule has 19 heavy (non-hydrogen) atoms. The van der Waals surface area contributed by atoms with Crippen LogP contribution in [0.4, 0.5) is 5.69 Å². The summed E-state index contributed by atoms with van der Waals surface area (Å²) in [5.74, 6) is 0.162. The van der Waals surface area contributed by atoms with E-state index in [1.54, 1.807) is 0 Å². The largest absolute Gasteiger partial charge is 0.325 e. The van der Waals surface area contributed by atoms with Gasteiger partial charge in [-0.25, -0.2) is 0 Å². The zero-order valence-corrected chi connectivity index (χ0v) is 12.4. The summed E-state index contributed by atoms with van der Waals surface area (Å²) < 4.78 is 0. The van der Waals surface area contributed by atoms with Gasteiger partial charge in [0.05, 0.1) is 5.41 Å². The van der Waals surface area contributed by atoms with Crippen LogP contribution in [0.25, 0.3) is 0 Å². The number of amides is 1. The summed E-state index contributed by atoms with van der Waals surface area (Å²) in [5, 5.41) is 6.47. The van der Waals surface area contributed by atoms with Crippen molar-refractivity contribution in [3.63, 3.8) is 0 Å². The van der Waals surface area contributed by atoms with Crippen LogP contribution >= 0.6 is 0 Å². The predicted molar refractivity (Wildman–Crippen MR) is 79.5 cm³/mol. The molecule has 1 atom stereocenters. The molecular formula is C16H24N2O. The quantitative estimate of drug-likeness (QED) is 0.877. The van der Waals surface area contributed by atoms with Gasteiger partial charge in [0.2, 0.25) is 5.91 Å². The molecule has 3 nitrogen and oxygen atoms in total. The number of benzene rings is 1. The molecule has 104 valence electrons. The van der Waals surface area contributed by atoms with Gasteiger partial charge < -0.3 is 10.6 Å². The minimum atomic E-state index is -0.232. The minimum absolute atomic E-state index is 0.162. The first kappa shape index (κ1) is 14.1. The maximum atomic E-state index is 12.6. The summed E-state index contributed by atoms with van der Waals surface area (Å²) in [6.07, 6.45) is 1.81. The fraction of sp³-hybridized carbons (Fsp3) is 0.562. The van der Waals surface area contributed by atoms with Crippen LogP contribution in [-0.4, -0.2) is 19.0 Å². The van der Waals surface area contributed by atoms with E-state index in [1.165, 1.54) is 5.56 Å². The highest BCUT2D eigenvalue weighted by Gasteiger charge is 2.39. The lowest BCUT2D eigenvalue weighted by Crippen LogP contribution is -2.37. The Morgan fingerprint density at radius 2 is 1.95 bits per heavy atom. The zero-order chi connectivity index (χ0) is 14.0. The standard InChI is InChI=1S/C16H24N2O/c1-5-16(6-7-17-10-16)15(19)18-14-12(3)8-11(2)9-13(14)4/h8-9,17H,5-7,10H2,1-4H3,(H,18,19). The van der Waals surface area contributed by atoms with Gasteiger partial charge in [-0.05, 0) is 51.3 Å². The first-order valence-corrected chi connectivity index (χ1v) is 7.08. The smallest absolute Gasteiger partial charge is 0.231 e. The second kappa shape index (κ2) is 5.33. The molecule has 1 fully saturated rings. The van der Waals surface area contributed by atoms with Crippen LogP contribution in [-0.2, 0) is 4.79 Å². The topological polar surface area (TPSA) is 41.1 Å². The van der Waals surface area contributed by atoms with E-state index in [2.05, 4.69) is 50.5 Å². The molecule has 0 aromatic heterocycles. The van der Waals surface area contributed by atoms with Crippen molar-refractivity contribution in [3.8, 4) is 0 Å². The fourth-order valence-corrected chi connectivity index (χ4v) is 3.02. The van der Waals surface area contributed by atoms with Gasteiger partial charge in [0, 0.05) is 12.2 Å². The predicted octanol–water partition coefficient (Wildman–Crippen LogP) is 2.94. The van der Waals surface area contributed by atoms with Crippen molar-refractivity contribution in [1.29, 1.82) is 0 Å². The molecule has 1 aliphatic heterocycles. The molecule has 3 heteroatoms. The van der Waals surface area contributed by atoms with E-state index in [-0.39, 0.29) is 11.3 Å². The Labute approximate surface area is 115 Å². The van der Waals surface area contributed by atoms with E-state index >= 15 is 0 Å². The molecule has 0 radical (unpaired) electrons. The van der Waals surface area contributed by atoms with Crippen molar-refractivity contribution in [2.45, 2.75) is 40.5 Å². The van der Waals surface area contributed by atoms with E-state index in [9.17, 15) is 4.79 Å². The Hall–Kier alpha value is -1.35. The van der Waals surface area contributed by atoms with Crippen molar-refractivity contribution < 1.29 is 4.79 Å². The number of carbonyl (C=O) groups excluding carboxylic acids is 1. The molecule has 2 N–H and O–H groups in total. The highest BCUT2D eigenvalue weighted by atomic mass is 16.2. The Kier molecular flexibility index (Phi) is 3.95. The van der Waals surface area contributed by atoms with Gasteiger partial charge in [0.15, 0.2) is 0 Å². The van der Waals surface area contributed by atoms with Crippen LogP contribution in [0.1, 0.15) is 36.5 Å². The molecule has 1 saturated heterocycles. The summed E-state index contributed by atoms with van der Waals surface area (Å²) in [6, 6.07) is 4.24. The second-order valence-electron chi connectivity index (χ2n) is 5.79. The Balaban J connectivity index is 2.24. The van der Waals surface area contributed by atoms with E-state index in [4.69, 9.17) is 0 Å². The van der Waals surface area contributed by atoms with Gasteiger partial charge in [-0.15, -0.1) is 0 Å². The maximum Gasteiger partial charge on any atom is 0.231 e. The summed E-state index contributed by atoms with van der Waals surface area (Å²) in [7, 11) is 0. The molecule has 0 aliphatic carbocycles. The van der Waals surface area contributed by atoms with E-state index in [1.807, 2.05) is 0 Å². The summed E-state index contributed by atoms with van der Waals surface area (Å²) in [5.41, 5.74) is 4.27. The van der Waals surface area contributed by atoms with Crippen LogP contribution in [0.3, 0.4) is 0 Å². The molecule has 1 unspecified atom stereocenters.